The van der Waals surface area contributed by atoms with Crippen molar-refractivity contribution in [2.75, 3.05) is 12.4 Å². The van der Waals surface area contributed by atoms with Gasteiger partial charge in [0.2, 0.25) is 0 Å². The van der Waals surface area contributed by atoms with E-state index in [2.05, 4.69) is 5.32 Å². The highest BCUT2D eigenvalue weighted by molar-refractivity contribution is 5.96. The van der Waals surface area contributed by atoms with Crippen molar-refractivity contribution in [2.24, 2.45) is 0 Å². The second kappa shape index (κ2) is 8.09. The van der Waals surface area contributed by atoms with Crippen molar-refractivity contribution in [2.45, 2.75) is 19.4 Å². The number of nitro benzene ring substituents is 1. The molecule has 0 saturated heterocycles. The number of halogens is 1. The summed E-state index contributed by atoms with van der Waals surface area (Å²) in [6.45, 7) is 1.75. The molecule has 0 radical (unpaired) electrons. The summed E-state index contributed by atoms with van der Waals surface area (Å²) in [7, 11) is 1.39. The fraction of sp³-hybridized carbons (Fsp3) is 0.235. The van der Waals surface area contributed by atoms with Crippen LogP contribution in [0.4, 0.5) is 15.8 Å². The van der Waals surface area contributed by atoms with Crippen LogP contribution in [0, 0.1) is 15.9 Å². The van der Waals surface area contributed by atoms with Crippen LogP contribution in [0.25, 0.3) is 0 Å². The maximum absolute atomic E-state index is 12.9. The van der Waals surface area contributed by atoms with Gasteiger partial charge < -0.3 is 14.8 Å². The first-order chi connectivity index (χ1) is 11.9. The summed E-state index contributed by atoms with van der Waals surface area (Å²) >= 11 is 0. The zero-order chi connectivity index (χ0) is 18.4. The monoisotopic (exact) mass is 348 g/mol. The number of benzene rings is 2. The molecule has 2 aromatic rings. The van der Waals surface area contributed by atoms with Gasteiger partial charge in [-0.2, -0.15) is 0 Å². The van der Waals surface area contributed by atoms with E-state index in [-0.39, 0.29) is 17.1 Å². The van der Waals surface area contributed by atoms with E-state index in [1.807, 2.05) is 0 Å². The van der Waals surface area contributed by atoms with E-state index in [0.29, 0.717) is 12.2 Å². The predicted molar refractivity (Wildman–Crippen MR) is 89.4 cm³/mol. The first-order valence-electron chi connectivity index (χ1n) is 7.50. The summed E-state index contributed by atoms with van der Waals surface area (Å²) in [5.74, 6) is -0.276. The van der Waals surface area contributed by atoms with Crippen molar-refractivity contribution < 1.29 is 23.6 Å². The highest BCUT2D eigenvalue weighted by Crippen LogP contribution is 2.29. The molecule has 0 saturated carbocycles. The number of carbonyl (C=O) groups is 1. The minimum absolute atomic E-state index is 0.169. The number of anilines is 1. The number of rotatable bonds is 7. The van der Waals surface area contributed by atoms with Crippen molar-refractivity contribution >= 4 is 17.3 Å². The van der Waals surface area contributed by atoms with Crippen LogP contribution >= 0.6 is 0 Å². The van der Waals surface area contributed by atoms with E-state index < -0.39 is 22.8 Å². The summed E-state index contributed by atoms with van der Waals surface area (Å²) in [6.07, 6.45) is -0.505. The van der Waals surface area contributed by atoms with Gasteiger partial charge in [-0.1, -0.05) is 6.92 Å². The topological polar surface area (TPSA) is 90.7 Å². The number of carbonyl (C=O) groups excluding carboxylic acids is 1. The average Bonchev–Trinajstić information content (AvgIpc) is 2.60. The van der Waals surface area contributed by atoms with Gasteiger partial charge in [0, 0.05) is 12.1 Å². The summed E-state index contributed by atoms with van der Waals surface area (Å²) in [5, 5.41) is 13.5. The van der Waals surface area contributed by atoms with Crippen LogP contribution in [0.15, 0.2) is 42.5 Å². The Hall–Kier alpha value is -3.16. The maximum Gasteiger partial charge on any atom is 0.271 e. The third kappa shape index (κ3) is 4.66. The van der Waals surface area contributed by atoms with Gasteiger partial charge in [0.05, 0.1) is 17.7 Å². The Labute approximate surface area is 143 Å². The first kappa shape index (κ1) is 18.2. The molecule has 0 aromatic heterocycles. The van der Waals surface area contributed by atoms with Crippen LogP contribution in [-0.2, 0) is 4.79 Å². The Bertz CT molecular complexity index is 764. The maximum atomic E-state index is 12.9. The van der Waals surface area contributed by atoms with Crippen LogP contribution < -0.4 is 14.8 Å². The average molecular weight is 348 g/mol. The molecule has 0 spiro atoms. The van der Waals surface area contributed by atoms with Gasteiger partial charge >= 0.3 is 0 Å². The number of nitrogens with one attached hydrogen (secondary N) is 1. The molecule has 1 amide bonds. The minimum Gasteiger partial charge on any atom is -0.495 e. The molecule has 0 heterocycles. The Kier molecular flexibility index (Phi) is 5.89. The second-order valence-corrected chi connectivity index (χ2v) is 5.10. The van der Waals surface area contributed by atoms with E-state index in [9.17, 15) is 19.3 Å². The fourth-order valence-corrected chi connectivity index (χ4v) is 2.12. The van der Waals surface area contributed by atoms with Crippen LogP contribution in [0.3, 0.4) is 0 Å². The Morgan fingerprint density at radius 1 is 1.28 bits per heavy atom. The molecule has 0 bridgehead atoms. The van der Waals surface area contributed by atoms with Gasteiger partial charge in [0.15, 0.2) is 6.10 Å². The van der Waals surface area contributed by atoms with E-state index >= 15 is 0 Å². The van der Waals surface area contributed by atoms with Gasteiger partial charge in [-0.25, -0.2) is 4.39 Å². The van der Waals surface area contributed by atoms with Crippen LogP contribution in [0.2, 0.25) is 0 Å². The molecule has 132 valence electrons. The molecular formula is C17H17FN2O5. The molecule has 2 rings (SSSR count). The standard InChI is InChI=1S/C17H17FN2O5/c1-3-15(25-13-7-4-11(18)5-8-13)17(21)19-14-10-12(20(22)23)6-9-16(14)24-2/h4-10,15H,3H2,1-2H3,(H,19,21)/t15-/m1/s1. The van der Waals surface area contributed by atoms with Crippen molar-refractivity contribution in [3.63, 3.8) is 0 Å². The van der Waals surface area contributed by atoms with Gasteiger partial charge in [-0.15, -0.1) is 0 Å². The third-order valence-electron chi connectivity index (χ3n) is 3.41. The minimum atomic E-state index is -0.852. The van der Waals surface area contributed by atoms with E-state index in [1.54, 1.807) is 6.92 Å². The van der Waals surface area contributed by atoms with Crippen molar-refractivity contribution in [3.05, 3.63) is 58.4 Å². The fourth-order valence-electron chi connectivity index (χ4n) is 2.12. The summed E-state index contributed by atoms with van der Waals surface area (Å²) in [6, 6.07) is 9.17. The van der Waals surface area contributed by atoms with E-state index in [0.717, 1.165) is 0 Å². The predicted octanol–water partition coefficient (Wildman–Crippen LogP) is 3.54. The lowest BCUT2D eigenvalue weighted by Crippen LogP contribution is -2.32. The van der Waals surface area contributed by atoms with E-state index in [1.165, 1.54) is 49.6 Å². The lowest BCUT2D eigenvalue weighted by Gasteiger charge is -2.18. The first-order valence-corrected chi connectivity index (χ1v) is 7.50. The molecule has 0 fully saturated rings. The Morgan fingerprint density at radius 3 is 2.52 bits per heavy atom. The molecule has 25 heavy (non-hydrogen) atoms. The third-order valence-corrected chi connectivity index (χ3v) is 3.41. The molecule has 0 aliphatic carbocycles. The van der Waals surface area contributed by atoms with Crippen molar-refractivity contribution in [3.8, 4) is 11.5 Å². The van der Waals surface area contributed by atoms with Gasteiger partial charge in [-0.05, 0) is 36.8 Å². The highest BCUT2D eigenvalue weighted by atomic mass is 19.1. The molecule has 0 unspecified atom stereocenters. The molecule has 1 N–H and O–H groups in total. The largest absolute Gasteiger partial charge is 0.495 e. The Morgan fingerprint density at radius 2 is 1.96 bits per heavy atom. The summed E-state index contributed by atoms with van der Waals surface area (Å²) in [4.78, 5) is 22.8. The molecule has 1 atom stereocenters. The number of non-ortho nitro benzene ring substituents is 1. The smallest absolute Gasteiger partial charge is 0.271 e. The molecular weight excluding hydrogens is 331 g/mol. The van der Waals surface area contributed by atoms with Gasteiger partial charge in [-0.3, -0.25) is 14.9 Å². The zero-order valence-corrected chi connectivity index (χ0v) is 13.7. The van der Waals surface area contributed by atoms with Crippen molar-refractivity contribution in [1.82, 2.24) is 0 Å². The van der Waals surface area contributed by atoms with E-state index in [4.69, 9.17) is 9.47 Å². The zero-order valence-electron chi connectivity index (χ0n) is 13.7. The van der Waals surface area contributed by atoms with Crippen LogP contribution in [0.1, 0.15) is 13.3 Å². The highest BCUT2D eigenvalue weighted by Gasteiger charge is 2.21. The number of amides is 1. The molecule has 2 aromatic carbocycles. The summed E-state index contributed by atoms with van der Waals surface area (Å²) in [5.41, 5.74) is -0.00791. The number of ether oxygens (including phenoxy) is 2. The number of nitrogens with zero attached hydrogens (tertiary/aromatic N) is 1. The van der Waals surface area contributed by atoms with Crippen LogP contribution in [0.5, 0.6) is 11.5 Å². The number of methoxy groups -OCH3 is 1. The molecule has 0 aliphatic heterocycles. The van der Waals surface area contributed by atoms with Crippen molar-refractivity contribution in [1.29, 1.82) is 0 Å². The molecule has 7 nitrogen and oxygen atoms in total. The second-order valence-electron chi connectivity index (χ2n) is 5.10. The Balaban J connectivity index is 2.17. The number of hydrogen-bond acceptors (Lipinski definition) is 5. The lowest BCUT2D eigenvalue weighted by atomic mass is 10.2. The molecule has 0 aliphatic rings. The number of nitro groups is 1. The van der Waals surface area contributed by atoms with Crippen LogP contribution in [-0.4, -0.2) is 24.0 Å². The van der Waals surface area contributed by atoms with Gasteiger partial charge in [0.1, 0.15) is 17.3 Å². The van der Waals surface area contributed by atoms with Gasteiger partial charge in [0.25, 0.3) is 11.6 Å². The normalized spacial score (nSPS) is 11.5. The molecule has 8 heteroatoms. The quantitative estimate of drug-likeness (QED) is 0.610. The number of hydrogen-bond donors (Lipinski definition) is 1. The SMILES string of the molecule is CC[C@@H](Oc1ccc(F)cc1)C(=O)Nc1cc([N+](=O)[O-])ccc1OC. The summed E-state index contributed by atoms with van der Waals surface area (Å²) < 4.78 is 23.6. The lowest BCUT2D eigenvalue weighted by molar-refractivity contribution is -0.384.